The lowest BCUT2D eigenvalue weighted by Gasteiger charge is -2.33. The summed E-state index contributed by atoms with van der Waals surface area (Å²) in [4.78, 5) is 14.6. The summed E-state index contributed by atoms with van der Waals surface area (Å²) in [7, 11) is 1.85. The fourth-order valence-electron chi connectivity index (χ4n) is 4.01. The molecule has 3 N–H and O–H groups in total. The monoisotopic (exact) mass is 518 g/mol. The van der Waals surface area contributed by atoms with Gasteiger partial charge in [-0.05, 0) is 49.4 Å². The topological polar surface area (TPSA) is 68.3 Å². The van der Waals surface area contributed by atoms with Crippen LogP contribution in [0.4, 0.5) is 5.82 Å². The number of aliphatic imine (C=N–C) groups is 1. The molecule has 0 saturated carbocycles. The van der Waals surface area contributed by atoms with Gasteiger partial charge in [0, 0.05) is 56.0 Å². The molecule has 0 radical (unpaired) electrons. The highest BCUT2D eigenvalue weighted by atomic mass is 127. The molecule has 1 aliphatic heterocycles. The third-order valence-corrected chi connectivity index (χ3v) is 5.62. The van der Waals surface area contributed by atoms with Crippen molar-refractivity contribution in [2.75, 3.05) is 31.6 Å². The van der Waals surface area contributed by atoms with Crippen molar-refractivity contribution in [3.63, 3.8) is 0 Å². The number of rotatable bonds is 6. The Balaban J connectivity index is 0.00000256. The Morgan fingerprint density at radius 2 is 1.97 bits per heavy atom. The van der Waals surface area contributed by atoms with Crippen LogP contribution in [-0.4, -0.2) is 48.7 Å². The summed E-state index contributed by atoms with van der Waals surface area (Å²) in [6.07, 6.45) is 8.30. The zero-order valence-electron chi connectivity index (χ0n) is 17.5. The van der Waals surface area contributed by atoms with Gasteiger partial charge in [-0.3, -0.25) is 4.99 Å². The number of aryl methyl sites for hydroxylation is 1. The molecule has 0 spiro atoms. The average molecular weight is 518 g/mol. The molecule has 0 atom stereocenters. The van der Waals surface area contributed by atoms with Gasteiger partial charge in [0.05, 0.1) is 0 Å². The van der Waals surface area contributed by atoms with Crippen molar-refractivity contribution in [2.24, 2.45) is 4.99 Å². The highest BCUT2D eigenvalue weighted by Gasteiger charge is 2.20. The molecule has 2 aromatic heterocycles. The van der Waals surface area contributed by atoms with Gasteiger partial charge >= 0.3 is 0 Å². The van der Waals surface area contributed by atoms with E-state index in [1.807, 2.05) is 19.3 Å². The number of H-pyrrole nitrogens is 1. The predicted molar refractivity (Wildman–Crippen MR) is 136 cm³/mol. The van der Waals surface area contributed by atoms with E-state index < -0.39 is 0 Å². The molecule has 1 aliphatic rings. The Labute approximate surface area is 195 Å². The molecule has 160 valence electrons. The second kappa shape index (κ2) is 11.2. The van der Waals surface area contributed by atoms with Gasteiger partial charge in [0.1, 0.15) is 5.82 Å². The fraction of sp³-hybridized carbons (Fsp3) is 0.391. The van der Waals surface area contributed by atoms with Gasteiger partial charge in [-0.15, -0.1) is 24.0 Å². The SMILES string of the molecule is CN=C(NCCCc1c[nH]c2ccccc12)NC1CCN(c2ccccn2)CC1.I. The van der Waals surface area contributed by atoms with Gasteiger partial charge < -0.3 is 20.5 Å². The summed E-state index contributed by atoms with van der Waals surface area (Å²) in [5.41, 5.74) is 2.59. The molecule has 1 fully saturated rings. The third-order valence-electron chi connectivity index (χ3n) is 5.62. The number of fused-ring (bicyclic) bond motifs is 1. The minimum Gasteiger partial charge on any atom is -0.361 e. The van der Waals surface area contributed by atoms with Crippen molar-refractivity contribution in [1.82, 2.24) is 20.6 Å². The van der Waals surface area contributed by atoms with E-state index in [1.54, 1.807) is 0 Å². The molecule has 30 heavy (non-hydrogen) atoms. The van der Waals surface area contributed by atoms with Gasteiger partial charge in [-0.25, -0.2) is 4.98 Å². The number of hydrogen-bond acceptors (Lipinski definition) is 3. The van der Waals surface area contributed by atoms with Crippen LogP contribution >= 0.6 is 24.0 Å². The molecule has 6 nitrogen and oxygen atoms in total. The Hall–Kier alpha value is -2.29. The molecule has 3 heterocycles. The number of pyridine rings is 1. The first kappa shape index (κ1) is 22.4. The van der Waals surface area contributed by atoms with Crippen LogP contribution in [0.15, 0.2) is 59.9 Å². The Kier molecular flexibility index (Phi) is 8.36. The van der Waals surface area contributed by atoms with Gasteiger partial charge in [0.15, 0.2) is 5.96 Å². The second-order valence-electron chi connectivity index (χ2n) is 7.56. The summed E-state index contributed by atoms with van der Waals surface area (Å²) in [6, 6.07) is 15.0. The standard InChI is InChI=1S/C23H30N6.HI/c1-24-23(26-14-6-7-18-17-27-21-9-3-2-8-20(18)21)28-19-11-15-29(16-12-19)22-10-4-5-13-25-22;/h2-5,8-10,13,17,19,27H,6-7,11-12,14-16H2,1H3,(H2,24,26,28);1H. The maximum Gasteiger partial charge on any atom is 0.191 e. The predicted octanol–water partition coefficient (Wildman–Crippen LogP) is 3.95. The molecule has 1 saturated heterocycles. The number of piperidine rings is 1. The maximum absolute atomic E-state index is 4.46. The van der Waals surface area contributed by atoms with Crippen molar-refractivity contribution in [3.05, 3.63) is 60.4 Å². The van der Waals surface area contributed by atoms with Crippen LogP contribution in [0.2, 0.25) is 0 Å². The Morgan fingerprint density at radius 3 is 2.73 bits per heavy atom. The van der Waals surface area contributed by atoms with Crippen LogP contribution in [0.3, 0.4) is 0 Å². The number of hydrogen-bond donors (Lipinski definition) is 3. The van der Waals surface area contributed by atoms with Crippen molar-refractivity contribution in [2.45, 2.75) is 31.7 Å². The first-order valence-corrected chi connectivity index (χ1v) is 10.5. The number of halogens is 1. The number of guanidine groups is 1. The van der Waals surface area contributed by atoms with Gasteiger partial charge in [0.2, 0.25) is 0 Å². The molecular weight excluding hydrogens is 487 g/mol. The Bertz CT molecular complexity index is 931. The van der Waals surface area contributed by atoms with E-state index in [-0.39, 0.29) is 24.0 Å². The van der Waals surface area contributed by atoms with E-state index in [0.717, 1.165) is 57.1 Å². The number of aromatic nitrogens is 2. The number of para-hydroxylation sites is 1. The Morgan fingerprint density at radius 1 is 1.17 bits per heavy atom. The largest absolute Gasteiger partial charge is 0.361 e. The lowest BCUT2D eigenvalue weighted by Crippen LogP contribution is -2.49. The van der Waals surface area contributed by atoms with Gasteiger partial charge in [-0.2, -0.15) is 0 Å². The fourth-order valence-corrected chi connectivity index (χ4v) is 4.01. The molecule has 4 rings (SSSR count). The maximum atomic E-state index is 4.46. The number of anilines is 1. The summed E-state index contributed by atoms with van der Waals surface area (Å²) in [5, 5.41) is 8.39. The summed E-state index contributed by atoms with van der Waals surface area (Å²) in [5.74, 6) is 1.98. The van der Waals surface area contributed by atoms with Crippen LogP contribution in [0.5, 0.6) is 0 Å². The minimum atomic E-state index is 0. The van der Waals surface area contributed by atoms with Gasteiger partial charge in [0.25, 0.3) is 0 Å². The molecule has 1 aromatic carbocycles. The lowest BCUT2D eigenvalue weighted by molar-refractivity contribution is 0.459. The van der Waals surface area contributed by atoms with E-state index in [9.17, 15) is 0 Å². The molecule has 0 unspecified atom stereocenters. The molecule has 7 heteroatoms. The lowest BCUT2D eigenvalue weighted by atomic mass is 10.1. The average Bonchev–Trinajstić information content (AvgIpc) is 3.20. The van der Waals surface area contributed by atoms with Crippen LogP contribution in [-0.2, 0) is 6.42 Å². The van der Waals surface area contributed by atoms with Gasteiger partial charge in [-0.1, -0.05) is 24.3 Å². The van der Waals surface area contributed by atoms with Crippen molar-refractivity contribution in [1.29, 1.82) is 0 Å². The number of nitrogens with one attached hydrogen (secondary N) is 3. The van der Waals surface area contributed by atoms with E-state index in [4.69, 9.17) is 0 Å². The van der Waals surface area contributed by atoms with Crippen LogP contribution in [0, 0.1) is 0 Å². The van der Waals surface area contributed by atoms with Crippen LogP contribution in [0.1, 0.15) is 24.8 Å². The van der Waals surface area contributed by atoms with E-state index >= 15 is 0 Å². The zero-order chi connectivity index (χ0) is 19.9. The van der Waals surface area contributed by atoms with Crippen molar-refractivity contribution >= 4 is 46.7 Å². The molecular formula is C23H31IN6. The van der Waals surface area contributed by atoms with Crippen molar-refractivity contribution < 1.29 is 0 Å². The van der Waals surface area contributed by atoms with E-state index in [1.165, 1.54) is 16.5 Å². The van der Waals surface area contributed by atoms with E-state index in [0.29, 0.717) is 6.04 Å². The third kappa shape index (κ3) is 5.65. The summed E-state index contributed by atoms with van der Waals surface area (Å²) in [6.45, 7) is 2.95. The summed E-state index contributed by atoms with van der Waals surface area (Å²) >= 11 is 0. The smallest absolute Gasteiger partial charge is 0.191 e. The molecule has 0 aliphatic carbocycles. The number of nitrogens with zero attached hydrogens (tertiary/aromatic N) is 3. The number of benzene rings is 1. The summed E-state index contributed by atoms with van der Waals surface area (Å²) < 4.78 is 0. The number of aromatic amines is 1. The molecule has 0 amide bonds. The second-order valence-corrected chi connectivity index (χ2v) is 7.56. The van der Waals surface area contributed by atoms with Crippen molar-refractivity contribution in [3.8, 4) is 0 Å². The van der Waals surface area contributed by atoms with Crippen LogP contribution < -0.4 is 15.5 Å². The quantitative estimate of drug-likeness (QED) is 0.200. The minimum absolute atomic E-state index is 0. The van der Waals surface area contributed by atoms with Crippen LogP contribution in [0.25, 0.3) is 10.9 Å². The molecule has 0 bridgehead atoms. The normalized spacial score (nSPS) is 15.1. The molecule has 3 aromatic rings. The highest BCUT2D eigenvalue weighted by Crippen LogP contribution is 2.19. The zero-order valence-corrected chi connectivity index (χ0v) is 19.8. The highest BCUT2D eigenvalue weighted by molar-refractivity contribution is 14.0. The first-order chi connectivity index (χ1) is 14.3. The first-order valence-electron chi connectivity index (χ1n) is 10.5. The van der Waals surface area contributed by atoms with E-state index in [2.05, 4.69) is 73.1 Å².